The van der Waals surface area contributed by atoms with E-state index in [2.05, 4.69) is 5.10 Å². The van der Waals surface area contributed by atoms with E-state index >= 15 is 0 Å². The summed E-state index contributed by atoms with van der Waals surface area (Å²) in [6, 6.07) is 4.85. The minimum atomic E-state index is -4.47. The van der Waals surface area contributed by atoms with E-state index < -0.39 is 28.3 Å². The Hall–Kier alpha value is -2.71. The van der Waals surface area contributed by atoms with Gasteiger partial charge in [-0.1, -0.05) is 12.1 Å². The van der Waals surface area contributed by atoms with Gasteiger partial charge < -0.3 is 10.1 Å². The number of hydrogen-bond acceptors (Lipinski definition) is 4. The molecule has 2 aromatic rings. The topological polar surface area (TPSA) is 78.0 Å². The molecule has 1 aromatic carbocycles. The zero-order valence-corrected chi connectivity index (χ0v) is 10.4. The highest BCUT2D eigenvalue weighted by atomic mass is 19.4. The minimum Gasteiger partial charge on any atom is -0.358 e. The van der Waals surface area contributed by atoms with Gasteiger partial charge in [0.25, 0.3) is 0 Å². The third-order valence-corrected chi connectivity index (χ3v) is 2.65. The number of nitro groups is 1. The molecule has 0 fully saturated rings. The molecule has 2 rings (SSSR count). The van der Waals surface area contributed by atoms with Gasteiger partial charge in [-0.3, -0.25) is 4.79 Å². The van der Waals surface area contributed by atoms with Gasteiger partial charge in [0, 0.05) is 5.56 Å². The summed E-state index contributed by atoms with van der Waals surface area (Å²) in [5.41, 5.74) is -0.782. The Morgan fingerprint density at radius 3 is 2.33 bits per heavy atom. The van der Waals surface area contributed by atoms with Gasteiger partial charge in [0.05, 0.1) is 22.9 Å². The maximum absolute atomic E-state index is 12.4. The number of hydrogen-bond donors (Lipinski definition) is 0. The van der Waals surface area contributed by atoms with Crippen molar-refractivity contribution >= 4 is 11.6 Å². The lowest BCUT2D eigenvalue weighted by Gasteiger charge is -2.06. The summed E-state index contributed by atoms with van der Waals surface area (Å²) in [4.78, 5) is 21.6. The van der Waals surface area contributed by atoms with E-state index in [9.17, 15) is 28.1 Å². The van der Waals surface area contributed by atoms with Gasteiger partial charge >= 0.3 is 12.0 Å². The number of benzene rings is 1. The second-order valence-electron chi connectivity index (χ2n) is 4.13. The first-order valence-corrected chi connectivity index (χ1v) is 5.65. The summed E-state index contributed by atoms with van der Waals surface area (Å²) in [6.45, 7) is -0.292. The molecular formula is C12H8F3N3O3. The Kier molecular flexibility index (Phi) is 3.74. The van der Waals surface area contributed by atoms with Crippen molar-refractivity contribution in [3.8, 4) is 0 Å². The lowest BCUT2D eigenvalue weighted by Crippen LogP contribution is -2.12. The van der Waals surface area contributed by atoms with Crippen LogP contribution in [-0.2, 0) is 12.7 Å². The first-order chi connectivity index (χ1) is 9.77. The number of carbonyl (C=O) groups excluding carboxylic acids is 1. The molecule has 0 saturated heterocycles. The van der Waals surface area contributed by atoms with Crippen LogP contribution in [0.15, 0.2) is 36.5 Å². The third-order valence-electron chi connectivity index (χ3n) is 2.65. The summed E-state index contributed by atoms with van der Waals surface area (Å²) in [5, 5.41) is 14.0. The molecule has 0 aliphatic rings. The van der Waals surface area contributed by atoms with Gasteiger partial charge in [-0.2, -0.15) is 17.9 Å². The van der Waals surface area contributed by atoms with Gasteiger partial charge in [-0.05, 0) is 17.1 Å². The second-order valence-corrected chi connectivity index (χ2v) is 4.13. The molecule has 0 amide bonds. The Balaban J connectivity index is 2.11. The average Bonchev–Trinajstić information content (AvgIpc) is 2.86. The van der Waals surface area contributed by atoms with Crippen molar-refractivity contribution in [3.63, 3.8) is 0 Å². The van der Waals surface area contributed by atoms with E-state index in [4.69, 9.17) is 0 Å². The van der Waals surface area contributed by atoms with E-state index in [1.54, 1.807) is 0 Å². The van der Waals surface area contributed by atoms with Crippen molar-refractivity contribution in [2.75, 3.05) is 0 Å². The third kappa shape index (κ3) is 3.44. The number of nitrogens with zero attached hydrogens (tertiary/aromatic N) is 3. The molecule has 1 aromatic heterocycles. The van der Waals surface area contributed by atoms with Crippen molar-refractivity contribution in [2.45, 2.75) is 12.7 Å². The van der Waals surface area contributed by atoms with E-state index in [1.165, 1.54) is 6.20 Å². The van der Waals surface area contributed by atoms with Crippen LogP contribution in [0.2, 0.25) is 0 Å². The number of rotatable bonds is 4. The molecule has 0 radical (unpaired) electrons. The molecule has 1 heterocycles. The fourth-order valence-corrected chi connectivity index (χ4v) is 1.62. The Morgan fingerprint density at radius 2 is 1.86 bits per heavy atom. The lowest BCUT2D eigenvalue weighted by atomic mass is 10.1. The lowest BCUT2D eigenvalue weighted by molar-refractivity contribution is -0.389. The normalized spacial score (nSPS) is 11.4. The molecule has 6 nitrogen and oxygen atoms in total. The highest BCUT2D eigenvalue weighted by Crippen LogP contribution is 2.29. The molecule has 0 bridgehead atoms. The van der Waals surface area contributed by atoms with Crippen molar-refractivity contribution in [1.82, 2.24) is 9.78 Å². The summed E-state index contributed by atoms with van der Waals surface area (Å²) in [6.07, 6.45) is -3.22. The first-order valence-electron chi connectivity index (χ1n) is 5.65. The van der Waals surface area contributed by atoms with Gasteiger partial charge in [-0.25, -0.2) is 0 Å². The van der Waals surface area contributed by atoms with E-state index in [1.807, 2.05) is 0 Å². The molecule has 0 aliphatic carbocycles. The number of aromatic nitrogens is 2. The fourth-order valence-electron chi connectivity index (χ4n) is 1.62. The van der Waals surface area contributed by atoms with Crippen LogP contribution < -0.4 is 0 Å². The Bertz CT molecular complexity index is 677. The zero-order valence-electron chi connectivity index (χ0n) is 10.4. The minimum absolute atomic E-state index is 0.0705. The van der Waals surface area contributed by atoms with Gasteiger partial charge in [-0.15, -0.1) is 0 Å². The van der Waals surface area contributed by atoms with Crippen LogP contribution in [0.5, 0.6) is 0 Å². The predicted octanol–water partition coefficient (Wildman–Crippen LogP) is 2.69. The van der Waals surface area contributed by atoms with E-state index in [-0.39, 0.29) is 12.1 Å². The summed E-state index contributed by atoms with van der Waals surface area (Å²) in [7, 11) is 0. The summed E-state index contributed by atoms with van der Waals surface area (Å²) in [5.74, 6) is -0.906. The number of halogens is 3. The maximum atomic E-state index is 12.4. The summed E-state index contributed by atoms with van der Waals surface area (Å²) >= 11 is 0. The van der Waals surface area contributed by atoms with E-state index in [0.29, 0.717) is 0 Å². The smallest absolute Gasteiger partial charge is 0.358 e. The SMILES string of the molecule is O=C(Cn1ccc([N+](=O)[O-])n1)c1ccc(C(F)(F)F)cc1. The van der Waals surface area contributed by atoms with Gasteiger partial charge in [0.1, 0.15) is 6.54 Å². The predicted molar refractivity (Wildman–Crippen MR) is 64.7 cm³/mol. The standard InChI is InChI=1S/C12H8F3N3O3/c13-12(14,15)9-3-1-8(2-4-9)10(19)7-17-6-5-11(16-17)18(20)21/h1-6H,7H2. The molecule has 110 valence electrons. The molecule has 9 heteroatoms. The molecule has 0 spiro atoms. The van der Waals surface area contributed by atoms with Crippen molar-refractivity contribution in [2.24, 2.45) is 0 Å². The number of ketones is 1. The van der Waals surface area contributed by atoms with Crippen LogP contribution in [0.1, 0.15) is 15.9 Å². The number of carbonyl (C=O) groups is 1. The molecule has 0 saturated carbocycles. The average molecular weight is 299 g/mol. The van der Waals surface area contributed by atoms with E-state index in [0.717, 1.165) is 35.0 Å². The van der Waals surface area contributed by atoms with Crippen LogP contribution in [0, 0.1) is 10.1 Å². The van der Waals surface area contributed by atoms with Crippen molar-refractivity contribution in [1.29, 1.82) is 0 Å². The zero-order chi connectivity index (χ0) is 15.6. The van der Waals surface area contributed by atoms with Crippen LogP contribution >= 0.6 is 0 Å². The quantitative estimate of drug-likeness (QED) is 0.494. The molecular weight excluding hydrogens is 291 g/mol. The number of Topliss-reactive ketones (excluding diaryl/α,β-unsaturated/α-hetero) is 1. The highest BCUT2D eigenvalue weighted by molar-refractivity contribution is 5.95. The maximum Gasteiger partial charge on any atom is 0.416 e. The monoisotopic (exact) mass is 299 g/mol. The first kappa shape index (κ1) is 14.7. The van der Waals surface area contributed by atoms with Crippen LogP contribution in [0.3, 0.4) is 0 Å². The molecule has 0 unspecified atom stereocenters. The highest BCUT2D eigenvalue weighted by Gasteiger charge is 2.30. The second kappa shape index (κ2) is 5.35. The largest absolute Gasteiger partial charge is 0.416 e. The number of alkyl halides is 3. The van der Waals surface area contributed by atoms with Crippen LogP contribution in [-0.4, -0.2) is 20.5 Å². The fraction of sp³-hybridized carbons (Fsp3) is 0.167. The van der Waals surface area contributed by atoms with Crippen LogP contribution in [0.25, 0.3) is 0 Å². The molecule has 21 heavy (non-hydrogen) atoms. The Labute approximate surface area is 116 Å². The van der Waals surface area contributed by atoms with Gasteiger partial charge in [0.15, 0.2) is 5.78 Å². The molecule has 0 N–H and O–H groups in total. The Morgan fingerprint density at radius 1 is 1.24 bits per heavy atom. The van der Waals surface area contributed by atoms with Crippen molar-refractivity contribution < 1.29 is 22.9 Å². The van der Waals surface area contributed by atoms with Crippen molar-refractivity contribution in [3.05, 3.63) is 57.8 Å². The van der Waals surface area contributed by atoms with Gasteiger partial charge in [0.2, 0.25) is 0 Å². The molecule has 0 aliphatic heterocycles. The van der Waals surface area contributed by atoms with Crippen LogP contribution in [0.4, 0.5) is 19.0 Å². The molecule has 0 atom stereocenters. The summed E-state index contributed by atoms with van der Waals surface area (Å²) < 4.78 is 38.2.